The van der Waals surface area contributed by atoms with E-state index in [1.54, 1.807) is 4.90 Å². The van der Waals surface area contributed by atoms with Crippen LogP contribution in [0.25, 0.3) is 0 Å². The van der Waals surface area contributed by atoms with Crippen LogP contribution in [0.2, 0.25) is 0 Å². The zero-order valence-electron chi connectivity index (χ0n) is 17.7. The van der Waals surface area contributed by atoms with Crippen molar-refractivity contribution >= 4 is 17.5 Å². The molecule has 0 spiro atoms. The number of anilines is 3. The summed E-state index contributed by atoms with van der Waals surface area (Å²) in [4.78, 5) is 16.5. The molecule has 1 saturated carbocycles. The number of fused-ring (bicyclic) bond motifs is 1. The molecule has 0 bridgehead atoms. The highest BCUT2D eigenvalue weighted by molar-refractivity contribution is 5.73. The van der Waals surface area contributed by atoms with E-state index in [1.165, 1.54) is 6.20 Å². The molecule has 8 nitrogen and oxygen atoms in total. The molecule has 0 saturated heterocycles. The summed E-state index contributed by atoms with van der Waals surface area (Å²) < 4.78 is 44.1. The fourth-order valence-electron chi connectivity index (χ4n) is 3.92. The largest absolute Gasteiger partial charge is 0.489 e. The van der Waals surface area contributed by atoms with Crippen LogP contribution in [0.1, 0.15) is 31.0 Å². The summed E-state index contributed by atoms with van der Waals surface area (Å²) in [5.41, 5.74) is 0.700. The molecule has 1 aliphatic carbocycles. The van der Waals surface area contributed by atoms with Gasteiger partial charge in [0.25, 0.3) is 0 Å². The highest BCUT2D eigenvalue weighted by atomic mass is 19.4. The molecule has 31 heavy (non-hydrogen) atoms. The number of nitrogens with zero attached hydrogens (tertiary/aromatic N) is 5. The number of aliphatic hydroxyl groups excluding tert-OH is 1. The second-order valence-electron chi connectivity index (χ2n) is 8.14. The van der Waals surface area contributed by atoms with Crippen LogP contribution >= 0.6 is 0 Å². The van der Waals surface area contributed by atoms with Crippen molar-refractivity contribution in [1.82, 2.24) is 15.0 Å². The molecule has 0 amide bonds. The Bertz CT molecular complexity index is 966. The van der Waals surface area contributed by atoms with Gasteiger partial charge in [0.1, 0.15) is 23.8 Å². The molecule has 11 heteroatoms. The van der Waals surface area contributed by atoms with Crippen molar-refractivity contribution in [2.45, 2.75) is 57.3 Å². The molecule has 0 aromatic carbocycles. The minimum Gasteiger partial charge on any atom is -0.489 e. The lowest BCUT2D eigenvalue weighted by Crippen LogP contribution is -2.53. The normalized spacial score (nSPS) is 25.7. The first-order chi connectivity index (χ1) is 14.5. The molecule has 1 aliphatic heterocycles. The van der Waals surface area contributed by atoms with Crippen molar-refractivity contribution in [2.24, 2.45) is 0 Å². The van der Waals surface area contributed by atoms with Crippen LogP contribution in [0.3, 0.4) is 0 Å². The SMILES string of the molecule is Cc1nc(NC2CC(Oc3cncc(C(F)(F)F)c3)C2)nc2c1N(C)C(O)[C@H](C)N2C. The Morgan fingerprint density at radius 1 is 1.16 bits per heavy atom. The number of hydrogen-bond acceptors (Lipinski definition) is 8. The zero-order valence-corrected chi connectivity index (χ0v) is 17.7. The van der Waals surface area contributed by atoms with Crippen LogP contribution in [0.15, 0.2) is 18.5 Å². The maximum Gasteiger partial charge on any atom is 0.418 e. The van der Waals surface area contributed by atoms with Crippen molar-refractivity contribution in [1.29, 1.82) is 0 Å². The molecule has 3 heterocycles. The molecular formula is C20H25F3N6O2. The van der Waals surface area contributed by atoms with E-state index in [9.17, 15) is 18.3 Å². The minimum absolute atomic E-state index is 0.0517. The van der Waals surface area contributed by atoms with Gasteiger partial charge in [0, 0.05) is 39.2 Å². The number of aryl methyl sites for hydroxylation is 1. The number of likely N-dealkylation sites (N-methyl/N-ethyl adjacent to an activating group) is 2. The van der Waals surface area contributed by atoms with Crippen LogP contribution in [0.5, 0.6) is 5.75 Å². The highest BCUT2D eigenvalue weighted by Crippen LogP contribution is 2.38. The van der Waals surface area contributed by atoms with Crippen molar-refractivity contribution < 1.29 is 23.0 Å². The summed E-state index contributed by atoms with van der Waals surface area (Å²) in [5.74, 6) is 1.32. The number of ether oxygens (including phenoxy) is 1. The highest BCUT2D eigenvalue weighted by Gasteiger charge is 2.36. The summed E-state index contributed by atoms with van der Waals surface area (Å²) >= 11 is 0. The average Bonchev–Trinajstić information content (AvgIpc) is 2.68. The first-order valence-corrected chi connectivity index (χ1v) is 10.0. The molecule has 1 unspecified atom stereocenters. The second kappa shape index (κ2) is 7.70. The van der Waals surface area contributed by atoms with Gasteiger partial charge >= 0.3 is 6.18 Å². The van der Waals surface area contributed by atoms with E-state index in [1.807, 2.05) is 32.8 Å². The Kier molecular flexibility index (Phi) is 5.32. The third-order valence-electron chi connectivity index (χ3n) is 5.94. The van der Waals surface area contributed by atoms with Gasteiger partial charge < -0.3 is 25.0 Å². The minimum atomic E-state index is -4.45. The van der Waals surface area contributed by atoms with Crippen LogP contribution in [0.4, 0.5) is 30.6 Å². The summed E-state index contributed by atoms with van der Waals surface area (Å²) in [6, 6.07) is 0.879. The van der Waals surface area contributed by atoms with E-state index in [0.29, 0.717) is 18.8 Å². The summed E-state index contributed by atoms with van der Waals surface area (Å²) in [7, 11) is 3.69. The van der Waals surface area contributed by atoms with Gasteiger partial charge in [-0.2, -0.15) is 18.2 Å². The first kappa shape index (κ1) is 21.4. The fraction of sp³-hybridized carbons (Fsp3) is 0.550. The van der Waals surface area contributed by atoms with Gasteiger partial charge in [0.2, 0.25) is 5.95 Å². The molecule has 2 aromatic heterocycles. The maximum absolute atomic E-state index is 12.8. The maximum atomic E-state index is 12.8. The third-order valence-corrected chi connectivity index (χ3v) is 5.94. The van der Waals surface area contributed by atoms with E-state index < -0.39 is 18.0 Å². The topological polar surface area (TPSA) is 86.6 Å². The first-order valence-electron chi connectivity index (χ1n) is 10.0. The lowest BCUT2D eigenvalue weighted by molar-refractivity contribution is -0.138. The molecule has 2 aliphatic rings. The van der Waals surface area contributed by atoms with Gasteiger partial charge in [0.05, 0.1) is 23.5 Å². The van der Waals surface area contributed by atoms with Gasteiger partial charge in [-0.25, -0.2) is 4.98 Å². The number of pyridine rings is 1. The van der Waals surface area contributed by atoms with Gasteiger partial charge in [-0.3, -0.25) is 4.98 Å². The molecule has 2 atom stereocenters. The fourth-order valence-corrected chi connectivity index (χ4v) is 3.92. The second-order valence-corrected chi connectivity index (χ2v) is 8.14. The molecule has 2 aromatic rings. The number of halogens is 3. The molecular weight excluding hydrogens is 413 g/mol. The van der Waals surface area contributed by atoms with E-state index >= 15 is 0 Å². The number of rotatable bonds is 4. The lowest BCUT2D eigenvalue weighted by Gasteiger charge is -2.43. The average molecular weight is 438 g/mol. The Hall–Kier alpha value is -2.82. The standard InChI is InChI=1S/C20H25F3N6O2/c1-10-16-17(28(3)11(2)18(30)29(16)4)27-19(25-10)26-13-6-14(7-13)31-15-5-12(8-24-9-15)20(21,22)23/h5,8-9,11,13-14,18,30H,6-7H2,1-4H3,(H,25,26,27)/t11-,13?,14?,18?/m0/s1. The van der Waals surface area contributed by atoms with E-state index in [2.05, 4.69) is 20.3 Å². The van der Waals surface area contributed by atoms with Crippen LogP contribution in [0, 0.1) is 6.92 Å². The predicted octanol–water partition coefficient (Wildman–Crippen LogP) is 2.81. The van der Waals surface area contributed by atoms with E-state index in [-0.39, 0.29) is 23.9 Å². The summed E-state index contributed by atoms with van der Waals surface area (Å²) in [6.45, 7) is 3.79. The quantitative estimate of drug-likeness (QED) is 0.754. The molecule has 0 radical (unpaired) electrons. The van der Waals surface area contributed by atoms with E-state index in [0.717, 1.165) is 29.5 Å². The van der Waals surface area contributed by atoms with Crippen molar-refractivity contribution in [3.05, 3.63) is 29.7 Å². The number of aliphatic hydroxyl groups is 1. The summed E-state index contributed by atoms with van der Waals surface area (Å²) in [6.07, 6.45) is -2.03. The van der Waals surface area contributed by atoms with Crippen LogP contribution < -0.4 is 19.9 Å². The van der Waals surface area contributed by atoms with Crippen LogP contribution in [-0.4, -0.2) is 58.6 Å². The smallest absolute Gasteiger partial charge is 0.418 e. The van der Waals surface area contributed by atoms with Crippen molar-refractivity contribution in [2.75, 3.05) is 29.2 Å². The van der Waals surface area contributed by atoms with Gasteiger partial charge in [-0.15, -0.1) is 0 Å². The molecule has 1 fully saturated rings. The Balaban J connectivity index is 1.40. The van der Waals surface area contributed by atoms with Gasteiger partial charge in [0.15, 0.2) is 5.82 Å². The zero-order chi connectivity index (χ0) is 22.5. The van der Waals surface area contributed by atoms with Crippen molar-refractivity contribution in [3.63, 3.8) is 0 Å². The van der Waals surface area contributed by atoms with Gasteiger partial charge in [-0.1, -0.05) is 0 Å². The number of nitrogens with one attached hydrogen (secondary N) is 1. The van der Waals surface area contributed by atoms with E-state index in [4.69, 9.17) is 4.74 Å². The summed E-state index contributed by atoms with van der Waals surface area (Å²) in [5, 5.41) is 13.7. The Morgan fingerprint density at radius 2 is 1.87 bits per heavy atom. The van der Waals surface area contributed by atoms with Crippen molar-refractivity contribution in [3.8, 4) is 5.75 Å². The molecule has 168 valence electrons. The van der Waals surface area contributed by atoms with Gasteiger partial charge in [-0.05, 0) is 19.9 Å². The monoisotopic (exact) mass is 438 g/mol. The predicted molar refractivity (Wildman–Crippen MR) is 109 cm³/mol. The number of aromatic nitrogens is 3. The number of hydrogen-bond donors (Lipinski definition) is 2. The molecule has 4 rings (SSSR count). The lowest BCUT2D eigenvalue weighted by atomic mass is 9.89. The Morgan fingerprint density at radius 3 is 2.55 bits per heavy atom. The van der Waals surface area contributed by atoms with Crippen LogP contribution in [-0.2, 0) is 6.18 Å². The molecule has 2 N–H and O–H groups in total. The number of alkyl halides is 3. The third kappa shape index (κ3) is 4.06. The Labute approximate surface area is 178 Å².